The number of carbonyl (C=O) groups is 2. The molecule has 0 aromatic carbocycles. The molecule has 0 unspecified atom stereocenters. The molecule has 1 rings (SSSR count). The highest BCUT2D eigenvalue weighted by molar-refractivity contribution is 7.80. The Balaban J connectivity index is 2.62. The van der Waals surface area contributed by atoms with Crippen molar-refractivity contribution in [3.05, 3.63) is 0 Å². The SMILES string of the molecule is COC(=O)[C@H](C[C@@H]1CCNC1=S)NC(=O)OC(C)(C)C. The van der Waals surface area contributed by atoms with Crippen molar-refractivity contribution in [2.24, 2.45) is 5.92 Å². The molecule has 1 amide bonds. The van der Waals surface area contributed by atoms with Crippen LogP contribution < -0.4 is 10.6 Å². The third-order valence-electron chi connectivity index (χ3n) is 2.86. The van der Waals surface area contributed by atoms with Crippen molar-refractivity contribution in [3.63, 3.8) is 0 Å². The standard InChI is InChI=1S/C13H22N2O4S/c1-13(2,3)19-12(17)15-9(11(16)18-4)7-8-5-6-14-10(8)20/h8-9H,5-7H2,1-4H3,(H,14,20)(H,15,17)/t8-,9-/m0/s1. The molecule has 114 valence electrons. The summed E-state index contributed by atoms with van der Waals surface area (Å²) in [5.41, 5.74) is -0.616. The van der Waals surface area contributed by atoms with E-state index in [1.54, 1.807) is 20.8 Å². The quantitative estimate of drug-likeness (QED) is 0.603. The summed E-state index contributed by atoms with van der Waals surface area (Å²) in [4.78, 5) is 24.2. The molecular formula is C13H22N2O4S. The van der Waals surface area contributed by atoms with Crippen molar-refractivity contribution in [1.82, 2.24) is 10.6 Å². The van der Waals surface area contributed by atoms with Gasteiger partial charge in [0.1, 0.15) is 11.6 Å². The largest absolute Gasteiger partial charge is 0.467 e. The predicted molar refractivity (Wildman–Crippen MR) is 78.5 cm³/mol. The molecule has 1 saturated heterocycles. The molecule has 2 atom stereocenters. The van der Waals surface area contributed by atoms with Crippen LogP contribution in [0.5, 0.6) is 0 Å². The molecule has 0 saturated carbocycles. The van der Waals surface area contributed by atoms with Gasteiger partial charge in [0.25, 0.3) is 0 Å². The number of esters is 1. The van der Waals surface area contributed by atoms with Crippen LogP contribution in [0.15, 0.2) is 0 Å². The van der Waals surface area contributed by atoms with Gasteiger partial charge in [-0.1, -0.05) is 12.2 Å². The van der Waals surface area contributed by atoms with Crippen LogP contribution >= 0.6 is 12.2 Å². The van der Waals surface area contributed by atoms with E-state index in [1.165, 1.54) is 7.11 Å². The van der Waals surface area contributed by atoms with Crippen LogP contribution in [-0.4, -0.2) is 42.3 Å². The lowest BCUT2D eigenvalue weighted by Crippen LogP contribution is -2.45. The molecular weight excluding hydrogens is 280 g/mol. The highest BCUT2D eigenvalue weighted by Gasteiger charge is 2.31. The molecule has 1 aliphatic rings. The Labute approximate surface area is 124 Å². The lowest BCUT2D eigenvalue weighted by atomic mass is 9.99. The monoisotopic (exact) mass is 302 g/mol. The number of hydrogen-bond donors (Lipinski definition) is 2. The van der Waals surface area contributed by atoms with Crippen molar-refractivity contribution < 1.29 is 19.1 Å². The van der Waals surface area contributed by atoms with E-state index in [1.807, 2.05) is 0 Å². The maximum Gasteiger partial charge on any atom is 0.408 e. The fraction of sp³-hybridized carbons (Fsp3) is 0.769. The molecule has 1 heterocycles. The van der Waals surface area contributed by atoms with E-state index >= 15 is 0 Å². The van der Waals surface area contributed by atoms with Gasteiger partial charge in [-0.15, -0.1) is 0 Å². The van der Waals surface area contributed by atoms with E-state index < -0.39 is 23.7 Å². The minimum Gasteiger partial charge on any atom is -0.467 e. The van der Waals surface area contributed by atoms with E-state index in [-0.39, 0.29) is 5.92 Å². The smallest absolute Gasteiger partial charge is 0.408 e. The Morgan fingerprint density at radius 1 is 1.50 bits per heavy atom. The number of ether oxygens (including phenoxy) is 2. The minimum atomic E-state index is -0.752. The van der Waals surface area contributed by atoms with Crippen molar-refractivity contribution in [3.8, 4) is 0 Å². The average molecular weight is 302 g/mol. The second-order valence-corrected chi connectivity index (χ2v) is 6.17. The fourth-order valence-corrected chi connectivity index (χ4v) is 2.28. The van der Waals surface area contributed by atoms with Crippen molar-refractivity contribution in [2.75, 3.05) is 13.7 Å². The zero-order valence-corrected chi connectivity index (χ0v) is 13.1. The third-order valence-corrected chi connectivity index (χ3v) is 3.34. The predicted octanol–water partition coefficient (Wildman–Crippen LogP) is 1.38. The number of methoxy groups -OCH3 is 1. The topological polar surface area (TPSA) is 76.7 Å². The molecule has 2 N–H and O–H groups in total. The number of rotatable bonds is 4. The molecule has 0 bridgehead atoms. The second-order valence-electron chi connectivity index (χ2n) is 5.73. The summed E-state index contributed by atoms with van der Waals surface area (Å²) in [6.45, 7) is 6.07. The summed E-state index contributed by atoms with van der Waals surface area (Å²) >= 11 is 5.18. The first-order valence-corrected chi connectivity index (χ1v) is 6.99. The van der Waals surface area contributed by atoms with E-state index in [2.05, 4.69) is 10.6 Å². The Morgan fingerprint density at radius 3 is 2.60 bits per heavy atom. The molecule has 0 aliphatic carbocycles. The second kappa shape index (κ2) is 6.88. The lowest BCUT2D eigenvalue weighted by molar-refractivity contribution is -0.143. The van der Waals surface area contributed by atoms with Gasteiger partial charge in [-0.25, -0.2) is 9.59 Å². The van der Waals surface area contributed by atoms with Crippen molar-refractivity contribution in [2.45, 2.75) is 45.3 Å². The summed E-state index contributed by atoms with van der Waals surface area (Å²) in [5.74, 6) is -0.422. The fourth-order valence-electron chi connectivity index (χ4n) is 1.96. The van der Waals surface area contributed by atoms with E-state index in [4.69, 9.17) is 21.7 Å². The first-order chi connectivity index (χ1) is 9.23. The van der Waals surface area contributed by atoms with Crippen LogP contribution in [0, 0.1) is 5.92 Å². The van der Waals surface area contributed by atoms with E-state index in [0.717, 1.165) is 18.0 Å². The molecule has 1 aliphatic heterocycles. The van der Waals surface area contributed by atoms with Gasteiger partial charge in [0.05, 0.1) is 12.1 Å². The van der Waals surface area contributed by atoms with Crippen molar-refractivity contribution >= 4 is 29.3 Å². The minimum absolute atomic E-state index is 0.0732. The van der Waals surface area contributed by atoms with E-state index in [0.29, 0.717) is 6.42 Å². The molecule has 0 spiro atoms. The van der Waals surface area contributed by atoms with Crippen molar-refractivity contribution in [1.29, 1.82) is 0 Å². The van der Waals surface area contributed by atoms with Gasteiger partial charge in [-0.05, 0) is 33.6 Å². The average Bonchev–Trinajstić information content (AvgIpc) is 2.70. The Hall–Kier alpha value is -1.37. The van der Waals surface area contributed by atoms with Crippen LogP contribution in [0.2, 0.25) is 0 Å². The highest BCUT2D eigenvalue weighted by atomic mass is 32.1. The Bertz CT molecular complexity index is 392. The zero-order valence-electron chi connectivity index (χ0n) is 12.3. The van der Waals surface area contributed by atoms with Crippen LogP contribution in [0.4, 0.5) is 4.79 Å². The van der Waals surface area contributed by atoms with Gasteiger partial charge in [0, 0.05) is 12.5 Å². The number of amides is 1. The van der Waals surface area contributed by atoms with Gasteiger partial charge in [-0.3, -0.25) is 0 Å². The summed E-state index contributed by atoms with van der Waals surface area (Å²) in [7, 11) is 1.29. The molecule has 7 heteroatoms. The molecule has 0 aromatic heterocycles. The normalized spacial score (nSPS) is 20.0. The van der Waals surface area contributed by atoms with Gasteiger partial charge < -0.3 is 20.1 Å². The molecule has 0 radical (unpaired) electrons. The molecule has 6 nitrogen and oxygen atoms in total. The van der Waals surface area contributed by atoms with E-state index in [9.17, 15) is 9.59 Å². The first-order valence-electron chi connectivity index (χ1n) is 6.58. The van der Waals surface area contributed by atoms with Gasteiger partial charge in [0.2, 0.25) is 0 Å². The first kappa shape index (κ1) is 16.7. The van der Waals surface area contributed by atoms with Crippen LogP contribution in [0.1, 0.15) is 33.6 Å². The van der Waals surface area contributed by atoms with Crippen LogP contribution in [0.25, 0.3) is 0 Å². The third kappa shape index (κ3) is 5.32. The van der Waals surface area contributed by atoms with Gasteiger partial charge >= 0.3 is 12.1 Å². The zero-order chi connectivity index (χ0) is 15.3. The van der Waals surface area contributed by atoms with Crippen LogP contribution in [-0.2, 0) is 14.3 Å². The maximum atomic E-state index is 11.8. The number of nitrogens with one attached hydrogen (secondary N) is 2. The Kier molecular flexibility index (Phi) is 5.74. The maximum absolute atomic E-state index is 11.8. The Morgan fingerprint density at radius 2 is 2.15 bits per heavy atom. The highest BCUT2D eigenvalue weighted by Crippen LogP contribution is 2.18. The summed E-state index contributed by atoms with van der Waals surface area (Å²) in [5, 5.41) is 5.61. The van der Waals surface area contributed by atoms with Gasteiger partial charge in [-0.2, -0.15) is 0 Å². The van der Waals surface area contributed by atoms with Crippen LogP contribution in [0.3, 0.4) is 0 Å². The molecule has 0 aromatic rings. The number of alkyl carbamates (subject to hydrolysis) is 1. The summed E-state index contributed by atoms with van der Waals surface area (Å²) in [6, 6.07) is -0.752. The lowest BCUT2D eigenvalue weighted by Gasteiger charge is -2.23. The summed E-state index contributed by atoms with van der Waals surface area (Å²) in [6.07, 6.45) is 0.629. The summed E-state index contributed by atoms with van der Waals surface area (Å²) < 4.78 is 9.86. The molecule has 1 fully saturated rings. The number of thiocarbonyl (C=S) groups is 1. The van der Waals surface area contributed by atoms with Gasteiger partial charge in [0.15, 0.2) is 0 Å². The molecule has 20 heavy (non-hydrogen) atoms. The number of carbonyl (C=O) groups excluding carboxylic acids is 2. The number of hydrogen-bond acceptors (Lipinski definition) is 5.